The summed E-state index contributed by atoms with van der Waals surface area (Å²) in [6, 6.07) is -0.264. The van der Waals surface area contributed by atoms with Crippen LogP contribution in [0.5, 0.6) is 0 Å². The van der Waals surface area contributed by atoms with Crippen LogP contribution in [0.2, 0.25) is 0 Å². The summed E-state index contributed by atoms with van der Waals surface area (Å²) in [5.74, 6) is 0.515. The molecule has 56 valence electrons. The van der Waals surface area contributed by atoms with Crippen molar-refractivity contribution >= 4 is 11.9 Å². The Labute approximate surface area is 60.1 Å². The normalized spacial score (nSPS) is 25.0. The lowest BCUT2D eigenvalue weighted by atomic mass is 10.1. The van der Waals surface area contributed by atoms with Crippen molar-refractivity contribution in [2.24, 2.45) is 10.9 Å². The molecule has 1 aliphatic heterocycles. The average Bonchev–Trinajstić information content (AvgIpc) is 2.10. The van der Waals surface area contributed by atoms with Crippen molar-refractivity contribution in [3.05, 3.63) is 0 Å². The smallest absolute Gasteiger partial charge is 0.337 e. The van der Waals surface area contributed by atoms with Gasteiger partial charge in [-0.2, -0.15) is 0 Å². The average molecular weight is 141 g/mol. The summed E-state index contributed by atoms with van der Waals surface area (Å²) in [4.78, 5) is 14.9. The Balaban J connectivity index is 2.69. The van der Waals surface area contributed by atoms with E-state index in [1.807, 2.05) is 13.8 Å². The maximum atomic E-state index is 10.9. The molecule has 0 spiro atoms. The molecule has 0 radical (unpaired) electrons. The molecule has 3 heteroatoms. The quantitative estimate of drug-likeness (QED) is 0.511. The Kier molecular flexibility index (Phi) is 1.74. The van der Waals surface area contributed by atoms with E-state index in [1.54, 1.807) is 6.92 Å². The Bertz CT molecular complexity index is 184. The van der Waals surface area contributed by atoms with E-state index >= 15 is 0 Å². The summed E-state index contributed by atoms with van der Waals surface area (Å²) in [5, 5.41) is 0. The molecule has 0 aromatic carbocycles. The standard InChI is InChI=1S/C7H11NO2/c1-4(2)6-7(9)10-5(3)8-6/h4,6H,1-3H3/t6-/m1/s1. The van der Waals surface area contributed by atoms with Gasteiger partial charge in [-0.25, -0.2) is 9.79 Å². The zero-order valence-corrected chi connectivity index (χ0v) is 6.42. The molecule has 0 unspecified atom stereocenters. The van der Waals surface area contributed by atoms with Crippen LogP contribution in [0.3, 0.4) is 0 Å². The number of aliphatic imine (C=N–C) groups is 1. The first-order chi connectivity index (χ1) is 4.61. The van der Waals surface area contributed by atoms with E-state index in [1.165, 1.54) is 0 Å². The molecule has 0 amide bonds. The van der Waals surface area contributed by atoms with Crippen LogP contribution in [-0.4, -0.2) is 17.9 Å². The van der Waals surface area contributed by atoms with Gasteiger partial charge in [-0.1, -0.05) is 13.8 Å². The van der Waals surface area contributed by atoms with Crippen LogP contribution in [0, 0.1) is 5.92 Å². The lowest BCUT2D eigenvalue weighted by molar-refractivity contribution is -0.135. The molecule has 0 fully saturated rings. The molecular weight excluding hydrogens is 130 g/mol. The van der Waals surface area contributed by atoms with Crippen LogP contribution in [-0.2, 0) is 9.53 Å². The molecule has 0 bridgehead atoms. The zero-order chi connectivity index (χ0) is 7.72. The second kappa shape index (κ2) is 2.40. The summed E-state index contributed by atoms with van der Waals surface area (Å²) in [5.41, 5.74) is 0. The van der Waals surface area contributed by atoms with Crippen LogP contribution in [0.4, 0.5) is 0 Å². The minimum atomic E-state index is -0.264. The molecule has 0 saturated heterocycles. The van der Waals surface area contributed by atoms with Gasteiger partial charge in [0.1, 0.15) is 0 Å². The summed E-state index contributed by atoms with van der Waals surface area (Å²) in [7, 11) is 0. The lowest BCUT2D eigenvalue weighted by Crippen LogP contribution is -2.20. The Morgan fingerprint density at radius 2 is 2.20 bits per heavy atom. The van der Waals surface area contributed by atoms with E-state index in [-0.39, 0.29) is 17.9 Å². The fourth-order valence-electron chi connectivity index (χ4n) is 0.902. The highest BCUT2D eigenvalue weighted by Gasteiger charge is 2.29. The second-order valence-corrected chi connectivity index (χ2v) is 2.76. The van der Waals surface area contributed by atoms with Crippen molar-refractivity contribution in [2.75, 3.05) is 0 Å². The molecule has 0 aromatic heterocycles. The van der Waals surface area contributed by atoms with Gasteiger partial charge >= 0.3 is 5.97 Å². The Morgan fingerprint density at radius 3 is 2.40 bits per heavy atom. The van der Waals surface area contributed by atoms with Crippen molar-refractivity contribution in [1.82, 2.24) is 0 Å². The fourth-order valence-corrected chi connectivity index (χ4v) is 0.902. The van der Waals surface area contributed by atoms with Gasteiger partial charge in [-0.05, 0) is 5.92 Å². The van der Waals surface area contributed by atoms with Crippen molar-refractivity contribution in [3.8, 4) is 0 Å². The number of esters is 1. The summed E-state index contributed by atoms with van der Waals surface area (Å²) in [6.07, 6.45) is 0. The predicted molar refractivity (Wildman–Crippen MR) is 37.8 cm³/mol. The maximum Gasteiger partial charge on any atom is 0.337 e. The van der Waals surface area contributed by atoms with Crippen molar-refractivity contribution in [3.63, 3.8) is 0 Å². The van der Waals surface area contributed by atoms with Crippen molar-refractivity contribution in [1.29, 1.82) is 0 Å². The van der Waals surface area contributed by atoms with Gasteiger partial charge in [0.15, 0.2) is 11.9 Å². The molecule has 1 heterocycles. The third kappa shape index (κ3) is 1.17. The van der Waals surface area contributed by atoms with Gasteiger partial charge in [0.2, 0.25) is 0 Å². The Hall–Kier alpha value is -0.860. The fraction of sp³-hybridized carbons (Fsp3) is 0.714. The highest BCUT2D eigenvalue weighted by atomic mass is 16.6. The first kappa shape index (κ1) is 7.25. The van der Waals surface area contributed by atoms with E-state index in [0.29, 0.717) is 5.90 Å². The molecule has 1 atom stereocenters. The predicted octanol–water partition coefficient (Wildman–Crippen LogP) is 0.986. The van der Waals surface area contributed by atoms with Gasteiger partial charge in [-0.3, -0.25) is 0 Å². The Morgan fingerprint density at radius 1 is 1.60 bits per heavy atom. The summed E-state index contributed by atoms with van der Waals surface area (Å²) < 4.78 is 4.75. The van der Waals surface area contributed by atoms with Gasteiger partial charge in [0.05, 0.1) is 0 Å². The van der Waals surface area contributed by atoms with Crippen LogP contribution in [0.25, 0.3) is 0 Å². The van der Waals surface area contributed by atoms with Crippen LogP contribution < -0.4 is 0 Å². The van der Waals surface area contributed by atoms with E-state index < -0.39 is 0 Å². The molecule has 1 aliphatic rings. The lowest BCUT2D eigenvalue weighted by Gasteiger charge is -2.04. The van der Waals surface area contributed by atoms with E-state index in [0.717, 1.165) is 0 Å². The van der Waals surface area contributed by atoms with Crippen LogP contribution >= 0.6 is 0 Å². The first-order valence-corrected chi connectivity index (χ1v) is 3.37. The largest absolute Gasteiger partial charge is 0.411 e. The van der Waals surface area contributed by atoms with Gasteiger partial charge < -0.3 is 4.74 Å². The second-order valence-electron chi connectivity index (χ2n) is 2.76. The molecule has 0 aliphatic carbocycles. The molecule has 0 N–H and O–H groups in total. The van der Waals surface area contributed by atoms with Crippen molar-refractivity contribution in [2.45, 2.75) is 26.8 Å². The topological polar surface area (TPSA) is 38.7 Å². The van der Waals surface area contributed by atoms with Crippen LogP contribution in [0.1, 0.15) is 20.8 Å². The third-order valence-corrected chi connectivity index (χ3v) is 1.44. The summed E-state index contributed by atoms with van der Waals surface area (Å²) in [6.45, 7) is 5.60. The molecule has 0 aromatic rings. The SMILES string of the molecule is CC1=N[C@H](C(C)C)C(=O)O1. The molecule has 1 rings (SSSR count). The molecular formula is C7H11NO2. The highest BCUT2D eigenvalue weighted by Crippen LogP contribution is 2.14. The van der Waals surface area contributed by atoms with Gasteiger partial charge in [0, 0.05) is 6.92 Å². The molecule has 3 nitrogen and oxygen atoms in total. The number of carbonyl (C=O) groups is 1. The van der Waals surface area contributed by atoms with Gasteiger partial charge in [0.25, 0.3) is 0 Å². The number of hydrogen-bond acceptors (Lipinski definition) is 3. The van der Waals surface area contributed by atoms with Crippen molar-refractivity contribution < 1.29 is 9.53 Å². The minimum Gasteiger partial charge on any atom is -0.411 e. The zero-order valence-electron chi connectivity index (χ0n) is 6.42. The molecule has 10 heavy (non-hydrogen) atoms. The number of cyclic esters (lactones) is 1. The summed E-state index contributed by atoms with van der Waals surface area (Å²) >= 11 is 0. The van der Waals surface area contributed by atoms with E-state index in [4.69, 9.17) is 4.74 Å². The van der Waals surface area contributed by atoms with E-state index in [9.17, 15) is 4.79 Å². The molecule has 0 saturated carbocycles. The number of nitrogens with zero attached hydrogens (tertiary/aromatic N) is 1. The number of ether oxygens (including phenoxy) is 1. The maximum absolute atomic E-state index is 10.9. The first-order valence-electron chi connectivity index (χ1n) is 3.37. The monoisotopic (exact) mass is 141 g/mol. The number of carbonyl (C=O) groups excluding carboxylic acids is 1. The minimum absolute atomic E-state index is 0.215. The van der Waals surface area contributed by atoms with Crippen LogP contribution in [0.15, 0.2) is 4.99 Å². The highest BCUT2D eigenvalue weighted by molar-refractivity contribution is 5.96. The third-order valence-electron chi connectivity index (χ3n) is 1.44. The van der Waals surface area contributed by atoms with Gasteiger partial charge in [-0.15, -0.1) is 0 Å². The van der Waals surface area contributed by atoms with E-state index in [2.05, 4.69) is 4.99 Å². The number of hydrogen-bond donors (Lipinski definition) is 0. The number of rotatable bonds is 1.